The van der Waals surface area contributed by atoms with E-state index in [9.17, 15) is 4.39 Å². The van der Waals surface area contributed by atoms with Crippen molar-refractivity contribution in [1.82, 2.24) is 0 Å². The maximum absolute atomic E-state index is 14.5. The Labute approximate surface area is 68.7 Å². The van der Waals surface area contributed by atoms with Crippen LogP contribution in [0, 0.1) is 11.8 Å². The normalized spacial score (nSPS) is 47.6. The van der Waals surface area contributed by atoms with E-state index in [2.05, 4.69) is 0 Å². The van der Waals surface area contributed by atoms with Crippen molar-refractivity contribution in [3.63, 3.8) is 0 Å². The third kappa shape index (κ3) is 1.96. The monoisotopic (exact) mass is 140 g/mol. The molecule has 56 valence electrons. The Bertz CT molecular complexity index is 257. The van der Waals surface area contributed by atoms with Gasteiger partial charge in [0.25, 0.3) is 0 Å². The summed E-state index contributed by atoms with van der Waals surface area (Å²) in [5, 5.41) is 0. The molecule has 0 aliphatic carbocycles. The van der Waals surface area contributed by atoms with Crippen LogP contribution < -0.4 is 0 Å². The summed E-state index contributed by atoms with van der Waals surface area (Å²) in [5.74, 6) is -5.38. The van der Waals surface area contributed by atoms with Gasteiger partial charge in [-0.05, 0) is 18.7 Å². The van der Waals surface area contributed by atoms with Crippen LogP contribution in [-0.4, -0.2) is 5.67 Å². The molecule has 0 bridgehead atoms. The van der Waals surface area contributed by atoms with Gasteiger partial charge in [-0.3, -0.25) is 0 Å². The molecular formula is C8H17F. The van der Waals surface area contributed by atoms with Crippen LogP contribution in [0.25, 0.3) is 0 Å². The van der Waals surface area contributed by atoms with Crippen LogP contribution >= 0.6 is 0 Å². The lowest BCUT2D eigenvalue weighted by molar-refractivity contribution is 0.0677. The second-order valence-electron chi connectivity index (χ2n) is 2.25. The first kappa shape index (κ1) is 2.21. The van der Waals surface area contributed by atoms with Crippen molar-refractivity contribution in [2.75, 3.05) is 0 Å². The van der Waals surface area contributed by atoms with Crippen LogP contribution in [0.1, 0.15) is 45.4 Å². The Balaban J connectivity index is 5.73. The largest absolute Gasteiger partial charge is 0.244 e. The van der Waals surface area contributed by atoms with Gasteiger partial charge in [0.2, 0.25) is 0 Å². The van der Waals surface area contributed by atoms with Gasteiger partial charge in [-0.2, -0.15) is 0 Å². The molecule has 0 aromatic carbocycles. The number of halogens is 1. The zero-order valence-electron chi connectivity index (χ0n) is 13.9. The van der Waals surface area contributed by atoms with Gasteiger partial charge in [-0.1, -0.05) is 27.6 Å². The minimum absolute atomic E-state index is 0.686. The summed E-state index contributed by atoms with van der Waals surface area (Å²) in [6, 6.07) is 0. The highest BCUT2D eigenvalue weighted by atomic mass is 19.1. The first-order valence-electron chi connectivity index (χ1n) is 6.69. The molecule has 0 aromatic heterocycles. The third-order valence-corrected chi connectivity index (χ3v) is 1.41. The van der Waals surface area contributed by atoms with Gasteiger partial charge in [-0.15, -0.1) is 0 Å². The summed E-state index contributed by atoms with van der Waals surface area (Å²) in [5.41, 5.74) is -3.03. The second kappa shape index (κ2) is 2.68. The molecule has 0 saturated carbocycles. The maximum atomic E-state index is 14.5. The SMILES string of the molecule is [2H]C([2H])([2H])C([2H])(C)C(C)(F)C([2H])(C)C([2H])([2H])[2H]. The topological polar surface area (TPSA) is 0 Å². The Kier molecular flexibility index (Phi) is 0.658. The van der Waals surface area contributed by atoms with Gasteiger partial charge in [0, 0.05) is 11.0 Å². The summed E-state index contributed by atoms with van der Waals surface area (Å²) in [6.07, 6.45) is 0. The number of alkyl halides is 1. The Morgan fingerprint density at radius 1 is 1.44 bits per heavy atom. The van der Waals surface area contributed by atoms with E-state index >= 15 is 0 Å². The van der Waals surface area contributed by atoms with Crippen molar-refractivity contribution in [3.05, 3.63) is 0 Å². The highest BCUT2D eigenvalue weighted by molar-refractivity contribution is 4.79. The van der Waals surface area contributed by atoms with E-state index in [-0.39, 0.29) is 0 Å². The highest BCUT2D eigenvalue weighted by Gasteiger charge is 2.30. The molecule has 0 aromatic rings. The van der Waals surface area contributed by atoms with Crippen LogP contribution in [0.2, 0.25) is 0 Å². The van der Waals surface area contributed by atoms with Gasteiger partial charge >= 0.3 is 0 Å². The Morgan fingerprint density at radius 3 is 2.00 bits per heavy atom. The first-order valence-corrected chi connectivity index (χ1v) is 2.69. The van der Waals surface area contributed by atoms with Crippen molar-refractivity contribution in [2.24, 2.45) is 11.8 Å². The number of hydrogen-bond acceptors (Lipinski definition) is 0. The molecule has 0 rings (SSSR count). The van der Waals surface area contributed by atoms with Crippen molar-refractivity contribution in [3.8, 4) is 0 Å². The molecule has 0 saturated heterocycles. The molecule has 0 N–H and O–H groups in total. The molecule has 2 unspecified atom stereocenters. The van der Waals surface area contributed by atoms with E-state index in [4.69, 9.17) is 11.0 Å². The van der Waals surface area contributed by atoms with Crippen molar-refractivity contribution in [1.29, 1.82) is 0 Å². The smallest absolute Gasteiger partial charge is 0.112 e. The summed E-state index contributed by atoms with van der Waals surface area (Å²) < 4.78 is 72.4. The summed E-state index contributed by atoms with van der Waals surface area (Å²) in [6.45, 7) is -3.78. The average molecular weight is 140 g/mol. The lowest BCUT2D eigenvalue weighted by Crippen LogP contribution is -2.31. The van der Waals surface area contributed by atoms with Crippen LogP contribution in [-0.2, 0) is 0 Å². The lowest BCUT2D eigenvalue weighted by Gasteiger charge is -2.28. The number of rotatable bonds is 2. The van der Waals surface area contributed by atoms with Gasteiger partial charge in [0.05, 0.1) is 0 Å². The Morgan fingerprint density at radius 2 is 1.78 bits per heavy atom. The zero-order valence-corrected chi connectivity index (χ0v) is 5.88. The second-order valence-corrected chi connectivity index (χ2v) is 2.25. The minimum Gasteiger partial charge on any atom is -0.244 e. The molecular weight excluding hydrogens is 115 g/mol. The van der Waals surface area contributed by atoms with Gasteiger partial charge < -0.3 is 0 Å². The fourth-order valence-corrected chi connectivity index (χ4v) is 0.281. The van der Waals surface area contributed by atoms with E-state index in [0.29, 0.717) is 6.92 Å². The van der Waals surface area contributed by atoms with Crippen molar-refractivity contribution < 1.29 is 15.4 Å². The van der Waals surface area contributed by atoms with Crippen LogP contribution in [0.15, 0.2) is 0 Å². The molecule has 2 atom stereocenters. The summed E-state index contributed by atoms with van der Waals surface area (Å²) in [4.78, 5) is 0. The van der Waals surface area contributed by atoms with Crippen molar-refractivity contribution in [2.45, 2.75) is 40.1 Å². The van der Waals surface area contributed by atoms with E-state index in [1.807, 2.05) is 0 Å². The van der Waals surface area contributed by atoms with Crippen LogP contribution in [0.4, 0.5) is 4.39 Å². The highest BCUT2D eigenvalue weighted by Crippen LogP contribution is 2.29. The molecule has 0 radical (unpaired) electrons. The quantitative estimate of drug-likeness (QED) is 0.553. The molecule has 0 heterocycles. The molecule has 0 fully saturated rings. The van der Waals surface area contributed by atoms with Gasteiger partial charge in [-0.25, -0.2) is 4.39 Å². The van der Waals surface area contributed by atoms with Crippen LogP contribution in [0.3, 0.4) is 0 Å². The van der Waals surface area contributed by atoms with Crippen LogP contribution in [0.5, 0.6) is 0 Å². The molecule has 1 heteroatoms. The van der Waals surface area contributed by atoms with E-state index in [0.717, 1.165) is 13.8 Å². The molecule has 0 aliphatic rings. The zero-order chi connectivity index (χ0) is 14.5. The lowest BCUT2D eigenvalue weighted by atomic mass is 9.84. The molecule has 9 heavy (non-hydrogen) atoms. The average Bonchev–Trinajstić information content (AvgIpc) is 1.98. The van der Waals surface area contributed by atoms with E-state index in [1.165, 1.54) is 0 Å². The molecule has 0 spiro atoms. The fraction of sp³-hybridized carbons (Fsp3) is 1.00. The predicted octanol–water partition coefficient (Wildman–Crippen LogP) is 3.03. The maximum Gasteiger partial charge on any atom is 0.112 e. The molecule has 0 nitrogen and oxygen atoms in total. The number of hydrogen-bond donors (Lipinski definition) is 0. The summed E-state index contributed by atoms with van der Waals surface area (Å²) >= 11 is 0. The molecule has 0 amide bonds. The summed E-state index contributed by atoms with van der Waals surface area (Å²) in [7, 11) is 0. The van der Waals surface area contributed by atoms with E-state index in [1.54, 1.807) is 0 Å². The van der Waals surface area contributed by atoms with Gasteiger partial charge in [0.15, 0.2) is 0 Å². The Hall–Kier alpha value is -0.0700. The first-order chi connectivity index (χ1) is 7.00. The van der Waals surface area contributed by atoms with Gasteiger partial charge in [0.1, 0.15) is 5.67 Å². The minimum atomic E-state index is -3.03. The van der Waals surface area contributed by atoms with E-state index < -0.39 is 31.2 Å². The standard InChI is InChI=1S/C8H17F/c1-6(2)8(5,9)7(3)4/h6-7H,1-5H3/i1D3,3D3,6D,7D. The van der Waals surface area contributed by atoms with Crippen molar-refractivity contribution >= 4 is 0 Å². The molecule has 0 aliphatic heterocycles. The predicted molar refractivity (Wildman–Crippen MR) is 39.2 cm³/mol. The fourth-order valence-electron chi connectivity index (χ4n) is 0.281. The third-order valence-electron chi connectivity index (χ3n) is 1.41.